The fourth-order valence-electron chi connectivity index (χ4n) is 3.37. The highest BCUT2D eigenvalue weighted by Crippen LogP contribution is 2.28. The average molecular weight is 517 g/mol. The van der Waals surface area contributed by atoms with Gasteiger partial charge in [-0.25, -0.2) is 9.69 Å². The number of imide groups is 2. The number of halogens is 2. The molecule has 2 saturated heterocycles. The van der Waals surface area contributed by atoms with Gasteiger partial charge in [0.05, 0.1) is 11.4 Å². The first-order valence-corrected chi connectivity index (χ1v) is 10.9. The first kappa shape index (κ1) is 23.6. The highest BCUT2D eigenvalue weighted by atomic mass is 35.5. The van der Waals surface area contributed by atoms with Crippen LogP contribution in [0.1, 0.15) is 5.56 Å². The fourth-order valence-corrected chi connectivity index (χ4v) is 3.97. The van der Waals surface area contributed by atoms with Crippen LogP contribution >= 0.6 is 35.4 Å². The molecule has 0 spiro atoms. The summed E-state index contributed by atoms with van der Waals surface area (Å²) in [5, 5.41) is 4.98. The number of carbonyl (C=O) groups is 5. The van der Waals surface area contributed by atoms with E-state index in [1.807, 2.05) is 5.32 Å². The van der Waals surface area contributed by atoms with E-state index in [4.69, 9.17) is 35.4 Å². The van der Waals surface area contributed by atoms with Crippen molar-refractivity contribution in [2.24, 2.45) is 5.92 Å². The SMILES string of the molecule is Cc1ccc(N2C(=O)NC(=O)/C(=C/[C@@H]3C(=O)NC(=S)N(c4ccc(Cl)cc4)C3=O)C2=O)cc1Cl. The molecule has 12 heteroatoms. The van der Waals surface area contributed by atoms with Crippen LogP contribution in [0.25, 0.3) is 0 Å². The summed E-state index contributed by atoms with van der Waals surface area (Å²) in [6, 6.07) is 9.58. The number of barbiturate groups is 1. The monoisotopic (exact) mass is 516 g/mol. The molecule has 172 valence electrons. The molecule has 9 nitrogen and oxygen atoms in total. The molecule has 4 rings (SSSR count). The van der Waals surface area contributed by atoms with Gasteiger partial charge in [0.1, 0.15) is 11.5 Å². The molecule has 2 aliphatic heterocycles. The number of hydrogen-bond acceptors (Lipinski definition) is 6. The van der Waals surface area contributed by atoms with Crippen LogP contribution in [-0.2, 0) is 19.2 Å². The van der Waals surface area contributed by atoms with Crippen LogP contribution in [0.5, 0.6) is 0 Å². The van der Waals surface area contributed by atoms with Gasteiger partial charge in [-0.15, -0.1) is 0 Å². The van der Waals surface area contributed by atoms with Gasteiger partial charge in [0.2, 0.25) is 11.8 Å². The number of hydrogen-bond donors (Lipinski definition) is 2. The number of benzene rings is 2. The van der Waals surface area contributed by atoms with Crippen LogP contribution in [0.3, 0.4) is 0 Å². The van der Waals surface area contributed by atoms with Gasteiger partial charge in [-0.05, 0) is 67.2 Å². The highest BCUT2D eigenvalue weighted by Gasteiger charge is 2.42. The Morgan fingerprint density at radius 1 is 0.912 bits per heavy atom. The summed E-state index contributed by atoms with van der Waals surface area (Å²) < 4.78 is 0. The van der Waals surface area contributed by atoms with Gasteiger partial charge in [-0.2, -0.15) is 0 Å². The first-order valence-electron chi connectivity index (χ1n) is 9.70. The van der Waals surface area contributed by atoms with Crippen molar-refractivity contribution in [3.63, 3.8) is 0 Å². The minimum Gasteiger partial charge on any atom is -0.301 e. The van der Waals surface area contributed by atoms with E-state index < -0.39 is 41.2 Å². The zero-order chi connectivity index (χ0) is 24.7. The third kappa shape index (κ3) is 4.18. The zero-order valence-electron chi connectivity index (χ0n) is 17.3. The number of carbonyl (C=O) groups excluding carboxylic acids is 5. The van der Waals surface area contributed by atoms with E-state index in [9.17, 15) is 24.0 Å². The Morgan fingerprint density at radius 3 is 2.21 bits per heavy atom. The van der Waals surface area contributed by atoms with Gasteiger partial charge in [-0.1, -0.05) is 29.3 Å². The normalized spacial score (nSPS) is 20.1. The van der Waals surface area contributed by atoms with Gasteiger partial charge in [0.15, 0.2) is 5.11 Å². The molecule has 2 aromatic carbocycles. The summed E-state index contributed by atoms with van der Waals surface area (Å²) in [4.78, 5) is 65.5. The van der Waals surface area contributed by atoms with E-state index in [2.05, 4.69) is 5.32 Å². The zero-order valence-corrected chi connectivity index (χ0v) is 19.6. The molecule has 0 radical (unpaired) electrons. The predicted octanol–water partition coefficient (Wildman–Crippen LogP) is 2.88. The molecule has 0 bridgehead atoms. The molecule has 1 atom stereocenters. The van der Waals surface area contributed by atoms with Crippen LogP contribution in [0.2, 0.25) is 10.0 Å². The Labute approximate surface area is 208 Å². The third-order valence-corrected chi connectivity index (χ3v) is 6.08. The van der Waals surface area contributed by atoms with Crippen LogP contribution < -0.4 is 20.4 Å². The summed E-state index contributed by atoms with van der Waals surface area (Å²) in [5.41, 5.74) is 0.590. The fraction of sp³-hybridized carbons (Fsp3) is 0.0909. The topological polar surface area (TPSA) is 116 Å². The van der Waals surface area contributed by atoms with Crippen molar-refractivity contribution in [2.75, 3.05) is 9.80 Å². The molecule has 2 fully saturated rings. The largest absolute Gasteiger partial charge is 0.335 e. The van der Waals surface area contributed by atoms with E-state index in [0.29, 0.717) is 26.2 Å². The Morgan fingerprint density at radius 2 is 1.56 bits per heavy atom. The number of urea groups is 1. The summed E-state index contributed by atoms with van der Waals surface area (Å²) in [6.07, 6.45) is 0.912. The van der Waals surface area contributed by atoms with Gasteiger partial charge in [-0.3, -0.25) is 29.4 Å². The lowest BCUT2D eigenvalue weighted by Crippen LogP contribution is -2.58. The molecule has 0 unspecified atom stereocenters. The number of nitrogens with one attached hydrogen (secondary N) is 2. The maximum atomic E-state index is 13.2. The Balaban J connectivity index is 1.71. The number of rotatable bonds is 3. The van der Waals surface area contributed by atoms with Crippen molar-refractivity contribution < 1.29 is 24.0 Å². The minimum atomic E-state index is -1.57. The van der Waals surface area contributed by atoms with Crippen molar-refractivity contribution in [1.29, 1.82) is 0 Å². The van der Waals surface area contributed by atoms with Gasteiger partial charge in [0, 0.05) is 10.0 Å². The van der Waals surface area contributed by atoms with Crippen molar-refractivity contribution in [2.45, 2.75) is 6.92 Å². The lowest BCUT2D eigenvalue weighted by atomic mass is 9.98. The maximum absolute atomic E-state index is 13.2. The van der Waals surface area contributed by atoms with Crippen molar-refractivity contribution in [1.82, 2.24) is 10.6 Å². The minimum absolute atomic E-state index is 0.111. The number of nitrogens with zero attached hydrogens (tertiary/aromatic N) is 2. The molecular formula is C22H14Cl2N4O5S. The summed E-state index contributed by atoms with van der Waals surface area (Å²) >= 11 is 17.1. The molecule has 34 heavy (non-hydrogen) atoms. The van der Waals surface area contributed by atoms with Gasteiger partial charge >= 0.3 is 6.03 Å². The summed E-state index contributed by atoms with van der Waals surface area (Å²) in [7, 11) is 0. The average Bonchev–Trinajstić information content (AvgIpc) is 2.76. The Kier molecular flexibility index (Phi) is 6.22. The highest BCUT2D eigenvalue weighted by molar-refractivity contribution is 7.80. The number of amides is 6. The van der Waals surface area contributed by atoms with E-state index in [-0.39, 0.29) is 10.8 Å². The third-order valence-electron chi connectivity index (χ3n) is 5.14. The maximum Gasteiger partial charge on any atom is 0.335 e. The second kappa shape index (κ2) is 8.98. The molecule has 0 aliphatic carbocycles. The number of aryl methyl sites for hydroxylation is 1. The lowest BCUT2D eigenvalue weighted by Gasteiger charge is -2.32. The van der Waals surface area contributed by atoms with Crippen LogP contribution in [0, 0.1) is 12.8 Å². The number of thiocarbonyl (C=S) groups is 1. The molecular weight excluding hydrogens is 503 g/mol. The van der Waals surface area contributed by atoms with E-state index in [1.54, 1.807) is 13.0 Å². The van der Waals surface area contributed by atoms with E-state index in [0.717, 1.165) is 11.0 Å². The molecule has 2 aliphatic rings. The Bertz CT molecular complexity index is 1330. The first-order chi connectivity index (χ1) is 16.1. The van der Waals surface area contributed by atoms with Gasteiger partial charge in [0.25, 0.3) is 11.8 Å². The molecule has 0 saturated carbocycles. The van der Waals surface area contributed by atoms with Crippen LogP contribution in [0.15, 0.2) is 54.1 Å². The quantitative estimate of drug-likeness (QED) is 0.280. The molecule has 2 heterocycles. The van der Waals surface area contributed by atoms with Crippen molar-refractivity contribution >= 4 is 81.6 Å². The van der Waals surface area contributed by atoms with E-state index in [1.165, 1.54) is 36.4 Å². The summed E-state index contributed by atoms with van der Waals surface area (Å²) in [5.74, 6) is -5.23. The second-order valence-corrected chi connectivity index (χ2v) is 8.57. The standard InChI is InChI=1S/C22H14Cl2N4O5S/c1-10-2-5-13(8-16(10)24)27-19(31)14(17(29)25-21(27)33)9-15-18(30)26-22(34)28(20(15)32)12-6-3-11(23)4-7-12/h2-9,15H,1H3,(H,25,29,33)(H,26,30,34)/b14-9-/t15-/m1/s1. The van der Waals surface area contributed by atoms with Crippen LogP contribution in [-0.4, -0.2) is 34.8 Å². The lowest BCUT2D eigenvalue weighted by molar-refractivity contribution is -0.131. The van der Waals surface area contributed by atoms with E-state index >= 15 is 0 Å². The molecule has 2 N–H and O–H groups in total. The molecule has 2 aromatic rings. The second-order valence-electron chi connectivity index (χ2n) is 7.34. The van der Waals surface area contributed by atoms with Crippen molar-refractivity contribution in [3.8, 4) is 0 Å². The van der Waals surface area contributed by atoms with Crippen molar-refractivity contribution in [3.05, 3.63) is 69.7 Å². The predicted molar refractivity (Wildman–Crippen MR) is 128 cm³/mol. The van der Waals surface area contributed by atoms with Gasteiger partial charge < -0.3 is 5.32 Å². The molecule has 6 amide bonds. The van der Waals surface area contributed by atoms with Crippen LogP contribution in [0.4, 0.5) is 16.2 Å². The summed E-state index contributed by atoms with van der Waals surface area (Å²) in [6.45, 7) is 1.74. The number of anilines is 2. The molecule has 0 aromatic heterocycles. The Hall–Kier alpha value is -3.60. The smallest absolute Gasteiger partial charge is 0.301 e.